The molecule has 0 N–H and O–H groups in total. The van der Waals surface area contributed by atoms with Crippen LogP contribution in [0.2, 0.25) is 0 Å². The van der Waals surface area contributed by atoms with Crippen LogP contribution in [-0.4, -0.2) is 25.3 Å². The summed E-state index contributed by atoms with van der Waals surface area (Å²) in [6, 6.07) is 4.22. The average Bonchev–Trinajstić information content (AvgIpc) is 2.88. The van der Waals surface area contributed by atoms with Gasteiger partial charge in [0.25, 0.3) is 0 Å². The lowest BCUT2D eigenvalue weighted by Crippen LogP contribution is -2.11. The van der Waals surface area contributed by atoms with E-state index in [2.05, 4.69) is 0 Å². The van der Waals surface area contributed by atoms with Crippen molar-refractivity contribution in [3.8, 4) is 0 Å². The van der Waals surface area contributed by atoms with E-state index in [1.165, 1.54) is 12.1 Å². The van der Waals surface area contributed by atoms with Gasteiger partial charge in [-0.25, -0.2) is 0 Å². The van der Waals surface area contributed by atoms with E-state index >= 15 is 0 Å². The van der Waals surface area contributed by atoms with Crippen LogP contribution in [0.1, 0.15) is 28.8 Å². The number of hydrogen-bond donors (Lipinski definition) is 0. The molecule has 1 saturated heterocycles. The molecule has 104 valence electrons. The summed E-state index contributed by atoms with van der Waals surface area (Å²) in [5.41, 5.74) is -0.488. The summed E-state index contributed by atoms with van der Waals surface area (Å²) in [7, 11) is 0. The highest BCUT2D eigenvalue weighted by Gasteiger charge is 2.30. The first kappa shape index (κ1) is 14.0. The highest BCUT2D eigenvalue weighted by molar-refractivity contribution is 5.96. The molecule has 0 atom stereocenters. The third-order valence-corrected chi connectivity index (χ3v) is 2.83. The van der Waals surface area contributed by atoms with Crippen molar-refractivity contribution in [2.24, 2.45) is 0 Å². The molecular weight excluding hydrogens is 261 g/mol. The molecule has 0 radical (unpaired) electrons. The van der Waals surface area contributed by atoms with Crippen LogP contribution in [0.25, 0.3) is 0 Å². The fourth-order valence-electron chi connectivity index (χ4n) is 1.81. The van der Waals surface area contributed by atoms with Gasteiger partial charge in [-0.2, -0.15) is 13.2 Å². The minimum Gasteiger partial charge on any atom is -0.350 e. The highest BCUT2D eigenvalue weighted by Crippen LogP contribution is 2.29. The number of halogens is 3. The summed E-state index contributed by atoms with van der Waals surface area (Å²) < 4.78 is 47.4. The van der Waals surface area contributed by atoms with Gasteiger partial charge in [0.2, 0.25) is 0 Å². The number of alkyl halides is 3. The first-order chi connectivity index (χ1) is 8.97. The molecule has 6 heteroatoms. The lowest BCUT2D eigenvalue weighted by atomic mass is 10.0. The van der Waals surface area contributed by atoms with Gasteiger partial charge < -0.3 is 9.47 Å². The van der Waals surface area contributed by atoms with Gasteiger partial charge in [-0.1, -0.05) is 12.1 Å². The fraction of sp³-hybridized carbons (Fsp3) is 0.462. The number of ether oxygens (including phenoxy) is 2. The zero-order valence-electron chi connectivity index (χ0n) is 10.1. The molecule has 1 fully saturated rings. The number of carbonyl (C=O) groups excluding carboxylic acids is 1. The number of rotatable bonds is 4. The van der Waals surface area contributed by atoms with Crippen LogP contribution in [0.4, 0.5) is 13.2 Å². The van der Waals surface area contributed by atoms with Gasteiger partial charge in [-0.05, 0) is 12.1 Å². The minimum absolute atomic E-state index is 0.191. The fourth-order valence-corrected chi connectivity index (χ4v) is 1.81. The maximum Gasteiger partial charge on any atom is 0.416 e. The summed E-state index contributed by atoms with van der Waals surface area (Å²) in [5.74, 6) is -0.215. The molecule has 19 heavy (non-hydrogen) atoms. The van der Waals surface area contributed by atoms with Crippen LogP contribution in [0, 0.1) is 0 Å². The number of Topliss-reactive ketones (excluding diaryl/α,β-unsaturated/α-hetero) is 1. The molecule has 0 unspecified atom stereocenters. The Bertz CT molecular complexity index is 433. The Morgan fingerprint density at radius 1 is 1.16 bits per heavy atom. The highest BCUT2D eigenvalue weighted by atomic mass is 19.4. The summed E-state index contributed by atoms with van der Waals surface area (Å²) in [6.45, 7) is 1.03. The quantitative estimate of drug-likeness (QED) is 0.792. The Morgan fingerprint density at radius 3 is 2.26 bits per heavy atom. The maximum absolute atomic E-state index is 12.4. The summed E-state index contributed by atoms with van der Waals surface area (Å²) in [4.78, 5) is 11.8. The predicted octanol–water partition coefficient (Wildman–Crippen LogP) is 3.04. The molecule has 0 aliphatic carbocycles. The molecule has 1 aromatic carbocycles. The second kappa shape index (κ2) is 5.71. The van der Waals surface area contributed by atoms with E-state index in [0.717, 1.165) is 12.1 Å². The van der Waals surface area contributed by atoms with Crippen LogP contribution >= 0.6 is 0 Å². The normalized spacial score (nSPS) is 16.8. The smallest absolute Gasteiger partial charge is 0.350 e. The Labute approximate surface area is 108 Å². The molecule has 1 aromatic rings. The third-order valence-electron chi connectivity index (χ3n) is 2.83. The largest absolute Gasteiger partial charge is 0.416 e. The molecule has 0 amide bonds. The standard InChI is InChI=1S/C13H13F3O3/c14-13(15,16)10-3-1-9(2-4-10)11(17)5-6-12-18-7-8-19-12/h1-4,12H,5-8H2. The van der Waals surface area contributed by atoms with E-state index in [4.69, 9.17) is 9.47 Å². The topological polar surface area (TPSA) is 35.5 Å². The van der Waals surface area contributed by atoms with Crippen molar-refractivity contribution in [2.75, 3.05) is 13.2 Å². The molecule has 3 nitrogen and oxygen atoms in total. The van der Waals surface area contributed by atoms with E-state index in [0.29, 0.717) is 19.6 Å². The van der Waals surface area contributed by atoms with Gasteiger partial charge in [0, 0.05) is 18.4 Å². The van der Waals surface area contributed by atoms with Crippen molar-refractivity contribution in [1.82, 2.24) is 0 Å². The van der Waals surface area contributed by atoms with Gasteiger partial charge in [-0.15, -0.1) is 0 Å². The minimum atomic E-state index is -4.38. The summed E-state index contributed by atoms with van der Waals surface area (Å²) >= 11 is 0. The van der Waals surface area contributed by atoms with Crippen LogP contribution < -0.4 is 0 Å². The summed E-state index contributed by atoms with van der Waals surface area (Å²) in [6.07, 6.45) is -4.15. The van der Waals surface area contributed by atoms with Crippen molar-refractivity contribution in [3.05, 3.63) is 35.4 Å². The zero-order chi connectivity index (χ0) is 13.9. The Kier molecular flexibility index (Phi) is 4.21. The first-order valence-corrected chi connectivity index (χ1v) is 5.90. The van der Waals surface area contributed by atoms with E-state index in [-0.39, 0.29) is 24.1 Å². The van der Waals surface area contributed by atoms with Crippen LogP contribution in [0.5, 0.6) is 0 Å². The van der Waals surface area contributed by atoms with Crippen molar-refractivity contribution in [3.63, 3.8) is 0 Å². The van der Waals surface area contributed by atoms with Crippen LogP contribution in [0.3, 0.4) is 0 Å². The van der Waals surface area contributed by atoms with E-state index < -0.39 is 11.7 Å². The molecule has 1 heterocycles. The number of hydrogen-bond acceptors (Lipinski definition) is 3. The van der Waals surface area contributed by atoms with Crippen molar-refractivity contribution >= 4 is 5.78 Å². The van der Waals surface area contributed by atoms with E-state index in [1.807, 2.05) is 0 Å². The molecule has 2 rings (SSSR count). The van der Waals surface area contributed by atoms with Crippen molar-refractivity contribution < 1.29 is 27.4 Å². The van der Waals surface area contributed by atoms with Gasteiger partial charge in [0.15, 0.2) is 12.1 Å². The lowest BCUT2D eigenvalue weighted by molar-refractivity contribution is -0.137. The van der Waals surface area contributed by atoms with Gasteiger partial charge in [0.1, 0.15) is 0 Å². The molecule has 1 aliphatic rings. The summed E-state index contributed by atoms with van der Waals surface area (Å²) in [5, 5.41) is 0. The number of benzene rings is 1. The predicted molar refractivity (Wildman–Crippen MR) is 60.7 cm³/mol. The number of carbonyl (C=O) groups is 1. The van der Waals surface area contributed by atoms with E-state index in [1.54, 1.807) is 0 Å². The average molecular weight is 274 g/mol. The molecule has 0 spiro atoms. The van der Waals surface area contributed by atoms with Gasteiger partial charge in [-0.3, -0.25) is 4.79 Å². The second-order valence-corrected chi connectivity index (χ2v) is 4.21. The molecule has 0 bridgehead atoms. The van der Waals surface area contributed by atoms with Crippen LogP contribution in [0.15, 0.2) is 24.3 Å². The first-order valence-electron chi connectivity index (χ1n) is 5.90. The Balaban J connectivity index is 1.92. The third kappa shape index (κ3) is 3.78. The maximum atomic E-state index is 12.4. The van der Waals surface area contributed by atoms with Gasteiger partial charge >= 0.3 is 6.18 Å². The van der Waals surface area contributed by atoms with Crippen LogP contribution in [-0.2, 0) is 15.7 Å². The SMILES string of the molecule is O=C(CCC1OCCO1)c1ccc(C(F)(F)F)cc1. The second-order valence-electron chi connectivity index (χ2n) is 4.21. The van der Waals surface area contributed by atoms with Crippen molar-refractivity contribution in [2.45, 2.75) is 25.3 Å². The molecule has 1 aliphatic heterocycles. The molecular formula is C13H13F3O3. The van der Waals surface area contributed by atoms with Crippen molar-refractivity contribution in [1.29, 1.82) is 0 Å². The lowest BCUT2D eigenvalue weighted by Gasteiger charge is -2.09. The molecule has 0 aromatic heterocycles. The Hall–Kier alpha value is -1.40. The zero-order valence-corrected chi connectivity index (χ0v) is 10.1. The van der Waals surface area contributed by atoms with E-state index in [9.17, 15) is 18.0 Å². The Morgan fingerprint density at radius 2 is 1.74 bits per heavy atom. The number of ketones is 1. The van der Waals surface area contributed by atoms with Gasteiger partial charge in [0.05, 0.1) is 18.8 Å². The molecule has 0 saturated carbocycles. The monoisotopic (exact) mass is 274 g/mol.